The summed E-state index contributed by atoms with van der Waals surface area (Å²) in [4.78, 5) is 24.4. The van der Waals surface area contributed by atoms with E-state index in [9.17, 15) is 22.8 Å². The standard InChI is InChI=1S/C9H8F3NO4/c1-4-6(17-9(10,11)12)3-5(8(15)16-2)13-7(4)14/h3H,1-2H3,(H,13,14). The van der Waals surface area contributed by atoms with Gasteiger partial charge in [0.25, 0.3) is 5.56 Å². The molecule has 0 unspecified atom stereocenters. The predicted molar refractivity (Wildman–Crippen MR) is 49.8 cm³/mol. The zero-order chi connectivity index (χ0) is 13.2. The van der Waals surface area contributed by atoms with Crippen molar-refractivity contribution in [1.29, 1.82) is 0 Å². The molecule has 0 aromatic carbocycles. The fourth-order valence-electron chi connectivity index (χ4n) is 1.05. The second kappa shape index (κ2) is 4.48. The molecule has 0 bridgehead atoms. The molecule has 0 fully saturated rings. The SMILES string of the molecule is COC(=O)c1cc(OC(F)(F)F)c(C)c(=O)[nH]1. The Balaban J connectivity index is 3.25. The lowest BCUT2D eigenvalue weighted by Crippen LogP contribution is -2.23. The van der Waals surface area contributed by atoms with Crippen molar-refractivity contribution < 1.29 is 27.4 Å². The van der Waals surface area contributed by atoms with E-state index in [4.69, 9.17) is 0 Å². The number of halogens is 3. The summed E-state index contributed by atoms with van der Waals surface area (Å²) in [7, 11) is 1.03. The van der Waals surface area contributed by atoms with E-state index in [2.05, 4.69) is 14.5 Å². The molecule has 1 heterocycles. The molecule has 0 saturated carbocycles. The van der Waals surface area contributed by atoms with Crippen molar-refractivity contribution in [3.8, 4) is 5.75 Å². The number of nitrogens with one attached hydrogen (secondary N) is 1. The first-order chi connectivity index (χ1) is 7.74. The van der Waals surface area contributed by atoms with Crippen molar-refractivity contribution in [2.45, 2.75) is 13.3 Å². The van der Waals surface area contributed by atoms with Gasteiger partial charge in [0, 0.05) is 6.07 Å². The molecule has 0 radical (unpaired) electrons. The smallest absolute Gasteiger partial charge is 0.464 e. The number of aromatic nitrogens is 1. The molecule has 1 aromatic heterocycles. The van der Waals surface area contributed by atoms with Gasteiger partial charge in [-0.05, 0) is 6.92 Å². The van der Waals surface area contributed by atoms with Crippen LogP contribution in [0.15, 0.2) is 10.9 Å². The van der Waals surface area contributed by atoms with Crippen LogP contribution in [-0.2, 0) is 4.74 Å². The summed E-state index contributed by atoms with van der Waals surface area (Å²) >= 11 is 0. The van der Waals surface area contributed by atoms with Gasteiger partial charge in [0.2, 0.25) is 0 Å². The molecule has 1 N–H and O–H groups in total. The van der Waals surface area contributed by atoms with Gasteiger partial charge in [-0.3, -0.25) is 4.79 Å². The van der Waals surface area contributed by atoms with Gasteiger partial charge in [-0.15, -0.1) is 13.2 Å². The van der Waals surface area contributed by atoms with Crippen molar-refractivity contribution in [2.24, 2.45) is 0 Å². The van der Waals surface area contributed by atoms with Crippen LogP contribution in [0.2, 0.25) is 0 Å². The van der Waals surface area contributed by atoms with E-state index in [1.54, 1.807) is 0 Å². The molecule has 0 saturated heterocycles. The fourth-order valence-corrected chi connectivity index (χ4v) is 1.05. The molecular weight excluding hydrogens is 243 g/mol. The van der Waals surface area contributed by atoms with Crippen LogP contribution in [0.5, 0.6) is 5.75 Å². The highest BCUT2D eigenvalue weighted by atomic mass is 19.4. The topological polar surface area (TPSA) is 68.4 Å². The second-order valence-electron chi connectivity index (χ2n) is 3.04. The summed E-state index contributed by atoms with van der Waals surface area (Å²) in [5, 5.41) is 0. The number of ether oxygens (including phenoxy) is 2. The Kier molecular flexibility index (Phi) is 3.45. The molecule has 17 heavy (non-hydrogen) atoms. The van der Waals surface area contributed by atoms with Crippen LogP contribution < -0.4 is 10.3 Å². The number of carbonyl (C=O) groups excluding carboxylic acids is 1. The van der Waals surface area contributed by atoms with Crippen LogP contribution in [0, 0.1) is 6.92 Å². The Hall–Kier alpha value is -1.99. The van der Waals surface area contributed by atoms with E-state index < -0.39 is 29.3 Å². The number of pyridine rings is 1. The number of esters is 1. The average Bonchev–Trinajstić information content (AvgIpc) is 2.21. The number of aromatic amines is 1. The van der Waals surface area contributed by atoms with Crippen LogP contribution in [0.3, 0.4) is 0 Å². The minimum absolute atomic E-state index is 0.282. The maximum atomic E-state index is 12.0. The third-order valence-electron chi connectivity index (χ3n) is 1.86. The maximum Gasteiger partial charge on any atom is 0.573 e. The van der Waals surface area contributed by atoms with Gasteiger partial charge in [0.05, 0.1) is 12.7 Å². The molecule has 0 aliphatic rings. The maximum absolute atomic E-state index is 12.0. The van der Waals surface area contributed by atoms with E-state index in [-0.39, 0.29) is 5.56 Å². The van der Waals surface area contributed by atoms with E-state index >= 15 is 0 Å². The minimum atomic E-state index is -4.94. The first-order valence-corrected chi connectivity index (χ1v) is 4.32. The van der Waals surface area contributed by atoms with Crippen LogP contribution in [-0.4, -0.2) is 24.4 Å². The predicted octanol–water partition coefficient (Wildman–Crippen LogP) is 1.37. The largest absolute Gasteiger partial charge is 0.573 e. The molecule has 0 aliphatic heterocycles. The lowest BCUT2D eigenvalue weighted by atomic mass is 10.2. The van der Waals surface area contributed by atoms with Gasteiger partial charge >= 0.3 is 12.3 Å². The summed E-state index contributed by atoms with van der Waals surface area (Å²) < 4.78 is 43.9. The number of alkyl halides is 3. The van der Waals surface area contributed by atoms with Gasteiger partial charge in [0.15, 0.2) is 0 Å². The molecule has 1 aromatic rings. The molecule has 94 valence electrons. The van der Waals surface area contributed by atoms with E-state index in [1.165, 1.54) is 0 Å². The zero-order valence-electron chi connectivity index (χ0n) is 8.84. The van der Waals surface area contributed by atoms with Crippen molar-refractivity contribution in [1.82, 2.24) is 4.98 Å². The average molecular weight is 251 g/mol. The second-order valence-corrected chi connectivity index (χ2v) is 3.04. The first kappa shape index (κ1) is 13.1. The number of carbonyl (C=O) groups is 1. The molecular formula is C9H8F3NO4. The number of rotatable bonds is 2. The number of hydrogen-bond donors (Lipinski definition) is 1. The highest BCUT2D eigenvalue weighted by Crippen LogP contribution is 2.24. The molecule has 0 atom stereocenters. The quantitative estimate of drug-likeness (QED) is 0.806. The Labute approximate surface area is 93.2 Å². The third kappa shape index (κ3) is 3.23. The molecule has 8 heteroatoms. The third-order valence-corrected chi connectivity index (χ3v) is 1.86. The van der Waals surface area contributed by atoms with Gasteiger partial charge in [-0.25, -0.2) is 4.79 Å². The van der Waals surface area contributed by atoms with Gasteiger partial charge in [-0.2, -0.15) is 0 Å². The van der Waals surface area contributed by atoms with Crippen LogP contribution in [0.25, 0.3) is 0 Å². The molecule has 0 aliphatic carbocycles. The van der Waals surface area contributed by atoms with E-state index in [1.807, 2.05) is 0 Å². The monoisotopic (exact) mass is 251 g/mol. The Bertz CT molecular complexity index is 492. The van der Waals surface area contributed by atoms with Crippen LogP contribution in [0.1, 0.15) is 16.1 Å². The van der Waals surface area contributed by atoms with Crippen molar-refractivity contribution in [3.05, 3.63) is 27.7 Å². The fraction of sp³-hybridized carbons (Fsp3) is 0.333. The summed E-state index contributed by atoms with van der Waals surface area (Å²) in [5.41, 5.74) is -1.55. The van der Waals surface area contributed by atoms with Crippen LogP contribution >= 0.6 is 0 Å². The van der Waals surface area contributed by atoms with Crippen molar-refractivity contribution in [2.75, 3.05) is 7.11 Å². The summed E-state index contributed by atoms with van der Waals surface area (Å²) in [6.07, 6.45) is -4.94. The van der Waals surface area contributed by atoms with Gasteiger partial charge in [0.1, 0.15) is 11.4 Å². The highest BCUT2D eigenvalue weighted by Gasteiger charge is 2.32. The number of methoxy groups -OCH3 is 1. The summed E-state index contributed by atoms with van der Waals surface area (Å²) in [6, 6.07) is 0.760. The highest BCUT2D eigenvalue weighted by molar-refractivity contribution is 5.87. The Morgan fingerprint density at radius 3 is 2.47 bits per heavy atom. The lowest BCUT2D eigenvalue weighted by Gasteiger charge is -2.11. The van der Waals surface area contributed by atoms with E-state index in [0.717, 1.165) is 20.1 Å². The molecule has 5 nitrogen and oxygen atoms in total. The first-order valence-electron chi connectivity index (χ1n) is 4.32. The normalized spacial score (nSPS) is 11.1. The summed E-state index contributed by atoms with van der Waals surface area (Å²) in [6.45, 7) is 1.14. The van der Waals surface area contributed by atoms with Gasteiger partial charge in [-0.1, -0.05) is 0 Å². The zero-order valence-corrected chi connectivity index (χ0v) is 8.84. The Morgan fingerprint density at radius 2 is 2.00 bits per heavy atom. The van der Waals surface area contributed by atoms with Crippen molar-refractivity contribution in [3.63, 3.8) is 0 Å². The van der Waals surface area contributed by atoms with Crippen molar-refractivity contribution >= 4 is 5.97 Å². The van der Waals surface area contributed by atoms with Gasteiger partial charge < -0.3 is 14.5 Å². The summed E-state index contributed by atoms with van der Waals surface area (Å²) in [5.74, 6) is -1.70. The lowest BCUT2D eigenvalue weighted by molar-refractivity contribution is -0.274. The van der Waals surface area contributed by atoms with E-state index in [0.29, 0.717) is 0 Å². The molecule has 0 amide bonds. The molecule has 1 rings (SSSR count). The minimum Gasteiger partial charge on any atom is -0.464 e. The Morgan fingerprint density at radius 1 is 1.41 bits per heavy atom. The number of hydrogen-bond acceptors (Lipinski definition) is 4. The van der Waals surface area contributed by atoms with Crippen LogP contribution in [0.4, 0.5) is 13.2 Å². The number of H-pyrrole nitrogens is 1. The molecule has 0 spiro atoms.